The number of fused-ring (bicyclic) bond motifs is 1. The van der Waals surface area contributed by atoms with Gasteiger partial charge in [0, 0.05) is 37.4 Å². The topological polar surface area (TPSA) is 62.6 Å². The molecule has 1 aliphatic rings. The van der Waals surface area contributed by atoms with Gasteiger partial charge in [0.25, 0.3) is 0 Å². The molecular formula is C14H22N6. The summed E-state index contributed by atoms with van der Waals surface area (Å²) in [5.41, 5.74) is 4.88. The largest absolute Gasteiger partial charge is 0.293 e. The molecule has 6 heteroatoms. The fourth-order valence-corrected chi connectivity index (χ4v) is 3.01. The van der Waals surface area contributed by atoms with Gasteiger partial charge in [-0.1, -0.05) is 12.1 Å². The van der Waals surface area contributed by atoms with Crippen LogP contribution in [-0.4, -0.2) is 36.6 Å². The Morgan fingerprint density at radius 1 is 1.45 bits per heavy atom. The second-order valence-electron chi connectivity index (χ2n) is 5.79. The van der Waals surface area contributed by atoms with Crippen LogP contribution in [0, 0.1) is 12.8 Å². The lowest BCUT2D eigenvalue weighted by Crippen LogP contribution is -2.28. The van der Waals surface area contributed by atoms with E-state index in [-0.39, 0.29) is 0 Å². The molecule has 6 nitrogen and oxygen atoms in total. The molecule has 2 aromatic heterocycles. The molecule has 1 aliphatic heterocycles. The smallest absolute Gasteiger partial charge is 0.0841 e. The highest BCUT2D eigenvalue weighted by Crippen LogP contribution is 2.21. The number of nitrogens with zero attached hydrogens (tertiary/aromatic N) is 5. The van der Waals surface area contributed by atoms with E-state index in [1.54, 1.807) is 0 Å². The number of hydrogen-bond donors (Lipinski definition) is 1. The van der Waals surface area contributed by atoms with Gasteiger partial charge in [-0.15, -0.1) is 5.10 Å². The highest BCUT2D eigenvalue weighted by molar-refractivity contribution is 5.19. The van der Waals surface area contributed by atoms with E-state index in [0.29, 0.717) is 5.92 Å². The Kier molecular flexibility index (Phi) is 3.56. The molecule has 1 atom stereocenters. The normalized spacial score (nSPS) is 19.9. The molecule has 0 aliphatic carbocycles. The van der Waals surface area contributed by atoms with Crippen molar-refractivity contribution in [2.45, 2.75) is 46.8 Å². The minimum atomic E-state index is 0.628. The Bertz CT molecular complexity index is 584. The van der Waals surface area contributed by atoms with Crippen LogP contribution in [0.1, 0.15) is 36.5 Å². The van der Waals surface area contributed by atoms with Crippen LogP contribution >= 0.6 is 0 Å². The molecule has 108 valence electrons. The molecule has 0 saturated heterocycles. The lowest BCUT2D eigenvalue weighted by Gasteiger charge is -2.22. The summed E-state index contributed by atoms with van der Waals surface area (Å²) in [6, 6.07) is 0. The summed E-state index contributed by atoms with van der Waals surface area (Å²) >= 11 is 0. The lowest BCUT2D eigenvalue weighted by atomic mass is 10.1. The number of aromatic amines is 1. The SMILES string of the molecule is CCn1nnc(C)c1CN1Cc2cn[nH]c2CC(C)C1. The molecule has 20 heavy (non-hydrogen) atoms. The first-order valence-electron chi connectivity index (χ1n) is 7.29. The fraction of sp³-hybridized carbons (Fsp3) is 0.643. The zero-order chi connectivity index (χ0) is 14.1. The predicted molar refractivity (Wildman–Crippen MR) is 76.0 cm³/mol. The van der Waals surface area contributed by atoms with Crippen molar-refractivity contribution in [3.63, 3.8) is 0 Å². The number of H-pyrrole nitrogens is 1. The summed E-state index contributed by atoms with van der Waals surface area (Å²) in [7, 11) is 0. The van der Waals surface area contributed by atoms with Crippen LogP contribution in [0.2, 0.25) is 0 Å². The number of aromatic nitrogens is 5. The van der Waals surface area contributed by atoms with E-state index in [9.17, 15) is 0 Å². The standard InChI is InChI=1S/C14H22N6/c1-4-20-14(11(3)16-18-20)9-19-7-10(2)5-13-12(8-19)6-15-17-13/h6,10H,4-5,7-9H2,1-3H3,(H,15,17). The third kappa shape index (κ3) is 2.47. The van der Waals surface area contributed by atoms with E-state index in [2.05, 4.69) is 39.3 Å². The van der Waals surface area contributed by atoms with Crippen LogP contribution in [0.15, 0.2) is 6.20 Å². The Balaban J connectivity index is 1.82. The second kappa shape index (κ2) is 5.36. The van der Waals surface area contributed by atoms with Crippen LogP contribution in [-0.2, 0) is 26.1 Å². The third-order valence-electron chi connectivity index (χ3n) is 4.03. The van der Waals surface area contributed by atoms with Crippen LogP contribution in [0.25, 0.3) is 0 Å². The Morgan fingerprint density at radius 2 is 2.30 bits per heavy atom. The van der Waals surface area contributed by atoms with Gasteiger partial charge in [0.2, 0.25) is 0 Å². The first kappa shape index (κ1) is 13.3. The van der Waals surface area contributed by atoms with Crippen molar-refractivity contribution in [2.75, 3.05) is 6.54 Å². The van der Waals surface area contributed by atoms with E-state index in [0.717, 1.165) is 38.3 Å². The highest BCUT2D eigenvalue weighted by atomic mass is 15.4. The molecule has 1 N–H and O–H groups in total. The predicted octanol–water partition coefficient (Wildman–Crippen LogP) is 1.52. The van der Waals surface area contributed by atoms with Gasteiger partial charge in [-0.05, 0) is 26.2 Å². The minimum Gasteiger partial charge on any atom is -0.293 e. The van der Waals surface area contributed by atoms with Gasteiger partial charge >= 0.3 is 0 Å². The van der Waals surface area contributed by atoms with Crippen LogP contribution in [0.4, 0.5) is 0 Å². The average molecular weight is 274 g/mol. The molecule has 0 aromatic carbocycles. The molecule has 0 spiro atoms. The molecule has 0 bridgehead atoms. The van der Waals surface area contributed by atoms with Gasteiger partial charge in [0.15, 0.2) is 0 Å². The van der Waals surface area contributed by atoms with Crippen molar-refractivity contribution in [2.24, 2.45) is 5.92 Å². The Hall–Kier alpha value is -1.69. The maximum Gasteiger partial charge on any atom is 0.0841 e. The summed E-state index contributed by atoms with van der Waals surface area (Å²) in [5.74, 6) is 0.628. The van der Waals surface area contributed by atoms with E-state index < -0.39 is 0 Å². The first-order valence-corrected chi connectivity index (χ1v) is 7.29. The summed E-state index contributed by atoms with van der Waals surface area (Å²) in [5, 5.41) is 15.7. The summed E-state index contributed by atoms with van der Waals surface area (Å²) < 4.78 is 2.00. The van der Waals surface area contributed by atoms with Crippen LogP contribution in [0.5, 0.6) is 0 Å². The number of nitrogens with one attached hydrogen (secondary N) is 1. The first-order chi connectivity index (χ1) is 9.67. The lowest BCUT2D eigenvalue weighted by molar-refractivity contribution is 0.223. The van der Waals surface area contributed by atoms with Gasteiger partial charge in [0.1, 0.15) is 0 Å². The van der Waals surface area contributed by atoms with Gasteiger partial charge in [-0.3, -0.25) is 10.00 Å². The van der Waals surface area contributed by atoms with E-state index >= 15 is 0 Å². The van der Waals surface area contributed by atoms with Gasteiger partial charge in [-0.2, -0.15) is 5.10 Å². The monoisotopic (exact) mass is 274 g/mol. The maximum atomic E-state index is 4.20. The molecule has 0 fully saturated rings. The molecular weight excluding hydrogens is 252 g/mol. The number of hydrogen-bond acceptors (Lipinski definition) is 4. The maximum absolute atomic E-state index is 4.20. The Labute approximate surface area is 119 Å². The Morgan fingerprint density at radius 3 is 3.10 bits per heavy atom. The summed E-state index contributed by atoms with van der Waals surface area (Å²) in [6.45, 7) is 10.3. The number of rotatable bonds is 3. The molecule has 0 amide bonds. The van der Waals surface area contributed by atoms with E-state index in [1.807, 2.05) is 17.8 Å². The van der Waals surface area contributed by atoms with Crippen LogP contribution < -0.4 is 0 Å². The van der Waals surface area contributed by atoms with E-state index in [1.165, 1.54) is 17.0 Å². The third-order valence-corrected chi connectivity index (χ3v) is 4.03. The molecule has 1 unspecified atom stereocenters. The van der Waals surface area contributed by atoms with Crippen LogP contribution in [0.3, 0.4) is 0 Å². The van der Waals surface area contributed by atoms with Crippen molar-refractivity contribution >= 4 is 0 Å². The molecule has 3 rings (SSSR count). The average Bonchev–Trinajstić information content (AvgIpc) is 2.94. The number of aryl methyl sites for hydroxylation is 2. The zero-order valence-electron chi connectivity index (χ0n) is 12.4. The second-order valence-corrected chi connectivity index (χ2v) is 5.79. The fourth-order valence-electron chi connectivity index (χ4n) is 3.01. The van der Waals surface area contributed by atoms with Crippen molar-refractivity contribution in [3.8, 4) is 0 Å². The quantitative estimate of drug-likeness (QED) is 0.922. The molecule has 0 saturated carbocycles. The van der Waals surface area contributed by atoms with Gasteiger partial charge in [0.05, 0.1) is 17.6 Å². The van der Waals surface area contributed by atoms with Gasteiger partial charge in [-0.25, -0.2) is 4.68 Å². The van der Waals surface area contributed by atoms with Crippen molar-refractivity contribution in [1.29, 1.82) is 0 Å². The van der Waals surface area contributed by atoms with Crippen molar-refractivity contribution in [1.82, 2.24) is 30.1 Å². The van der Waals surface area contributed by atoms with E-state index in [4.69, 9.17) is 0 Å². The highest BCUT2D eigenvalue weighted by Gasteiger charge is 2.22. The molecule has 0 radical (unpaired) electrons. The summed E-state index contributed by atoms with van der Waals surface area (Å²) in [4.78, 5) is 2.48. The summed E-state index contributed by atoms with van der Waals surface area (Å²) in [6.07, 6.45) is 3.04. The molecule has 2 aromatic rings. The van der Waals surface area contributed by atoms with Gasteiger partial charge < -0.3 is 0 Å². The minimum absolute atomic E-state index is 0.628. The zero-order valence-corrected chi connectivity index (χ0v) is 12.4. The molecule has 3 heterocycles. The van der Waals surface area contributed by atoms with Crippen molar-refractivity contribution in [3.05, 3.63) is 28.8 Å². The van der Waals surface area contributed by atoms with Crippen molar-refractivity contribution < 1.29 is 0 Å².